The Balaban J connectivity index is 2.95. The molecule has 0 aliphatic carbocycles. The number of hydrogen-bond acceptors (Lipinski definition) is 11. The van der Waals surface area contributed by atoms with Crippen LogP contribution in [0.1, 0.15) is 78.7 Å². The minimum absolute atomic E-state index is 0.0338. The lowest BCUT2D eigenvalue weighted by atomic mass is 9.99. The molecule has 0 fully saturated rings. The Kier molecular flexibility index (Phi) is 17.9. The maximum Gasteiger partial charge on any atom is 0.513 e. The van der Waals surface area contributed by atoms with E-state index in [0.717, 1.165) is 25.7 Å². The molecule has 1 aromatic rings. The molecule has 11 heteroatoms. The van der Waals surface area contributed by atoms with Gasteiger partial charge < -0.3 is 33.7 Å². The van der Waals surface area contributed by atoms with Gasteiger partial charge in [0.2, 0.25) is 0 Å². The number of hydrogen-bond donors (Lipinski definition) is 1. The Labute approximate surface area is 243 Å². The maximum atomic E-state index is 12.5. The van der Waals surface area contributed by atoms with Gasteiger partial charge in [0, 0.05) is 6.54 Å². The number of carbonyl (C=O) groups excluding carboxylic acids is 4. The number of methoxy groups -OCH3 is 1. The van der Waals surface area contributed by atoms with Crippen LogP contribution in [0.15, 0.2) is 18.2 Å². The molecule has 1 N–H and O–H groups in total. The van der Waals surface area contributed by atoms with Crippen LogP contribution in [0.3, 0.4) is 0 Å². The number of esters is 2. The number of rotatable bonds is 19. The minimum Gasteiger partial charge on any atom is -0.468 e. The molecule has 1 unspecified atom stereocenters. The topological polar surface area (TPSA) is 136 Å². The van der Waals surface area contributed by atoms with Gasteiger partial charge in [0.05, 0.1) is 26.2 Å². The highest BCUT2D eigenvalue weighted by molar-refractivity contribution is 5.76. The number of unbranched alkanes of at least 4 members (excludes halogenated alkanes) is 4. The van der Waals surface area contributed by atoms with Crippen LogP contribution in [-0.2, 0) is 35.0 Å². The highest BCUT2D eigenvalue weighted by Crippen LogP contribution is 2.30. The molecular formula is C30H47NO10. The predicted molar refractivity (Wildman–Crippen MR) is 152 cm³/mol. The second-order valence-corrected chi connectivity index (χ2v) is 10.0. The summed E-state index contributed by atoms with van der Waals surface area (Å²) in [4.78, 5) is 49.1. The highest BCUT2D eigenvalue weighted by Gasteiger charge is 2.23. The van der Waals surface area contributed by atoms with Gasteiger partial charge in [-0.25, -0.2) is 9.59 Å². The van der Waals surface area contributed by atoms with Crippen molar-refractivity contribution in [3.63, 3.8) is 0 Å². The number of carbonyl (C=O) groups is 4. The van der Waals surface area contributed by atoms with Gasteiger partial charge in [0.1, 0.15) is 12.6 Å². The number of benzene rings is 1. The molecule has 0 bridgehead atoms. The molecule has 1 aromatic carbocycles. The van der Waals surface area contributed by atoms with Crippen molar-refractivity contribution in [1.29, 1.82) is 0 Å². The molecule has 0 amide bonds. The molecule has 1 rings (SSSR count). The van der Waals surface area contributed by atoms with Gasteiger partial charge in [-0.05, 0) is 42.9 Å². The van der Waals surface area contributed by atoms with E-state index in [4.69, 9.17) is 28.4 Å². The zero-order chi connectivity index (χ0) is 30.6. The summed E-state index contributed by atoms with van der Waals surface area (Å²) >= 11 is 0. The molecule has 232 valence electrons. The summed E-state index contributed by atoms with van der Waals surface area (Å²) in [6.45, 7) is 10.4. The Hall–Kier alpha value is -3.34. The van der Waals surface area contributed by atoms with E-state index in [-0.39, 0.29) is 62.1 Å². The summed E-state index contributed by atoms with van der Waals surface area (Å²) in [7, 11) is 1.27. The normalized spacial score (nSPS) is 12.3. The lowest BCUT2D eigenvalue weighted by molar-refractivity contribution is -0.149. The third-order valence-electron chi connectivity index (χ3n) is 6.36. The van der Waals surface area contributed by atoms with Gasteiger partial charge in [0.15, 0.2) is 11.5 Å². The molecule has 0 aliphatic rings. The first-order valence-corrected chi connectivity index (χ1v) is 14.4. The van der Waals surface area contributed by atoms with E-state index in [1.165, 1.54) is 19.2 Å². The van der Waals surface area contributed by atoms with Crippen LogP contribution in [0.25, 0.3) is 0 Å². The quantitative estimate of drug-likeness (QED) is 0.0945. The smallest absolute Gasteiger partial charge is 0.468 e. The van der Waals surface area contributed by atoms with Gasteiger partial charge in [-0.1, -0.05) is 66.4 Å². The van der Waals surface area contributed by atoms with Crippen molar-refractivity contribution in [2.24, 2.45) is 11.8 Å². The van der Waals surface area contributed by atoms with Crippen molar-refractivity contribution in [3.05, 3.63) is 23.8 Å². The van der Waals surface area contributed by atoms with Gasteiger partial charge in [-0.2, -0.15) is 0 Å². The molecule has 41 heavy (non-hydrogen) atoms. The molecule has 0 aromatic heterocycles. The summed E-state index contributed by atoms with van der Waals surface area (Å²) in [5.41, 5.74) is 0.579. The third kappa shape index (κ3) is 14.7. The van der Waals surface area contributed by atoms with Crippen molar-refractivity contribution in [2.75, 3.05) is 33.5 Å². The summed E-state index contributed by atoms with van der Waals surface area (Å²) in [6, 6.07) is 3.77. The summed E-state index contributed by atoms with van der Waals surface area (Å²) < 4.78 is 31.1. The van der Waals surface area contributed by atoms with E-state index in [1.54, 1.807) is 13.0 Å². The average Bonchev–Trinajstić information content (AvgIpc) is 2.95. The van der Waals surface area contributed by atoms with E-state index in [0.29, 0.717) is 18.4 Å². The van der Waals surface area contributed by atoms with E-state index in [2.05, 4.69) is 5.32 Å². The highest BCUT2D eigenvalue weighted by atomic mass is 16.7. The van der Waals surface area contributed by atoms with Crippen molar-refractivity contribution in [3.8, 4) is 11.5 Å². The fourth-order valence-electron chi connectivity index (χ4n) is 3.50. The van der Waals surface area contributed by atoms with Crippen LogP contribution >= 0.6 is 0 Å². The van der Waals surface area contributed by atoms with Crippen molar-refractivity contribution in [1.82, 2.24) is 5.32 Å². The van der Waals surface area contributed by atoms with Crippen LogP contribution in [0.2, 0.25) is 0 Å². The van der Waals surface area contributed by atoms with Crippen molar-refractivity contribution in [2.45, 2.75) is 85.6 Å². The van der Waals surface area contributed by atoms with Crippen LogP contribution < -0.4 is 14.8 Å². The first-order chi connectivity index (χ1) is 19.6. The van der Waals surface area contributed by atoms with Crippen LogP contribution in [0, 0.1) is 11.8 Å². The second-order valence-electron chi connectivity index (χ2n) is 10.0. The van der Waals surface area contributed by atoms with Crippen LogP contribution in [0.5, 0.6) is 11.5 Å². The Morgan fingerprint density at radius 1 is 0.756 bits per heavy atom. The molecule has 0 saturated heterocycles. The zero-order valence-corrected chi connectivity index (χ0v) is 25.3. The first-order valence-electron chi connectivity index (χ1n) is 14.4. The monoisotopic (exact) mass is 581 g/mol. The molecule has 0 aliphatic heterocycles. The average molecular weight is 582 g/mol. The summed E-state index contributed by atoms with van der Waals surface area (Å²) in [6.07, 6.45) is 3.42. The molecule has 11 nitrogen and oxygen atoms in total. The van der Waals surface area contributed by atoms with Crippen molar-refractivity contribution >= 4 is 24.2 Å². The van der Waals surface area contributed by atoms with Gasteiger partial charge in [0.25, 0.3) is 0 Å². The number of nitrogens with one attached hydrogen (secondary N) is 1. The minimum atomic E-state index is -0.945. The van der Waals surface area contributed by atoms with Gasteiger partial charge >= 0.3 is 24.2 Å². The molecule has 0 heterocycles. The van der Waals surface area contributed by atoms with E-state index in [9.17, 15) is 19.2 Å². The van der Waals surface area contributed by atoms with Gasteiger partial charge in [-0.3, -0.25) is 9.59 Å². The molecule has 0 radical (unpaired) electrons. The second kappa shape index (κ2) is 20.5. The fourth-order valence-corrected chi connectivity index (χ4v) is 3.50. The lowest BCUT2D eigenvalue weighted by Gasteiger charge is -2.19. The van der Waals surface area contributed by atoms with Crippen molar-refractivity contribution < 1.29 is 47.6 Å². The van der Waals surface area contributed by atoms with Crippen LogP contribution in [0.4, 0.5) is 9.59 Å². The Morgan fingerprint density at radius 3 is 1.88 bits per heavy atom. The summed E-state index contributed by atoms with van der Waals surface area (Å²) in [5.74, 6) is -1.02. The Morgan fingerprint density at radius 2 is 1.34 bits per heavy atom. The summed E-state index contributed by atoms with van der Waals surface area (Å²) in [5, 5.41) is 3.03. The predicted octanol–water partition coefficient (Wildman–Crippen LogP) is 5.61. The maximum absolute atomic E-state index is 12.5. The SMILES string of the molecule is CCCCCOC(=O)Oc1ccc(C[C@H](NCCOC(=O)C(C)C(C)C)C(=O)OC)cc1OC(=O)OCCCCC. The number of ether oxygens (including phenoxy) is 6. The standard InChI is InChI=1S/C30H47NO10/c1-7-9-11-16-38-29(34)40-25-14-13-23(20-26(25)41-30(35)39-17-12-10-8-2)19-24(28(33)36-6)31-15-18-37-27(32)22(5)21(3)4/h13-14,20-22,24,31H,7-12,15-19H2,1-6H3/t22?,24-/m0/s1. The molecule has 0 spiro atoms. The largest absolute Gasteiger partial charge is 0.513 e. The van der Waals surface area contributed by atoms with E-state index < -0.39 is 24.3 Å². The van der Waals surface area contributed by atoms with Crippen LogP contribution in [-0.4, -0.2) is 63.8 Å². The first kappa shape index (κ1) is 35.7. The lowest BCUT2D eigenvalue weighted by Crippen LogP contribution is -2.41. The fraction of sp³-hybridized carbons (Fsp3) is 0.667. The van der Waals surface area contributed by atoms with E-state index >= 15 is 0 Å². The molecule has 0 saturated carbocycles. The molecular weight excluding hydrogens is 534 g/mol. The van der Waals surface area contributed by atoms with Gasteiger partial charge in [-0.15, -0.1) is 0 Å². The van der Waals surface area contributed by atoms with E-state index in [1.807, 2.05) is 27.7 Å². The molecule has 2 atom stereocenters. The third-order valence-corrected chi connectivity index (χ3v) is 6.36. The zero-order valence-electron chi connectivity index (χ0n) is 25.3. The Bertz CT molecular complexity index is 949.